The van der Waals surface area contributed by atoms with Crippen molar-refractivity contribution in [3.05, 3.63) is 51.6 Å². The van der Waals surface area contributed by atoms with E-state index in [-0.39, 0.29) is 0 Å². The number of imidazole rings is 1. The van der Waals surface area contributed by atoms with Crippen LogP contribution in [0.3, 0.4) is 0 Å². The minimum atomic E-state index is -1.04. The van der Waals surface area contributed by atoms with Crippen molar-refractivity contribution >= 4 is 22.6 Å². The number of aliphatic hydroxyl groups is 1. The molecular formula is C12H13IN2O. The minimum absolute atomic E-state index is 0.663. The maximum Gasteiger partial charge on any atom is 0.130 e. The number of hydrogen-bond donors (Lipinski definition) is 1. The predicted molar refractivity (Wildman–Crippen MR) is 71.0 cm³/mol. The minimum Gasteiger partial charge on any atom is -0.379 e. The highest BCUT2D eigenvalue weighted by atomic mass is 127. The van der Waals surface area contributed by atoms with Crippen molar-refractivity contribution in [2.45, 2.75) is 12.5 Å². The van der Waals surface area contributed by atoms with Gasteiger partial charge in [-0.1, -0.05) is 12.1 Å². The van der Waals surface area contributed by atoms with Gasteiger partial charge in [0.1, 0.15) is 5.60 Å². The van der Waals surface area contributed by atoms with Crippen LogP contribution in [0.15, 0.2) is 36.8 Å². The molecule has 0 fully saturated rings. The quantitative estimate of drug-likeness (QED) is 0.859. The fraction of sp³-hybridized carbons (Fsp3) is 0.250. The third-order valence-corrected chi connectivity index (χ3v) is 3.33. The van der Waals surface area contributed by atoms with Gasteiger partial charge < -0.3 is 9.67 Å². The first-order chi connectivity index (χ1) is 7.50. The standard InChI is InChI=1S/C12H13IN2O/c1-12(16,11-7-15(2)8-14-11)9-3-5-10(13)6-4-9/h3-8,16H,1-2H3/t12-/m0/s1. The molecule has 84 valence electrons. The van der Waals surface area contributed by atoms with Gasteiger partial charge in [-0.2, -0.15) is 0 Å². The van der Waals surface area contributed by atoms with E-state index in [1.54, 1.807) is 13.3 Å². The molecule has 16 heavy (non-hydrogen) atoms. The molecule has 0 aliphatic carbocycles. The van der Waals surface area contributed by atoms with Gasteiger partial charge in [0, 0.05) is 16.8 Å². The molecule has 0 amide bonds. The molecule has 1 N–H and O–H groups in total. The topological polar surface area (TPSA) is 38.0 Å². The van der Waals surface area contributed by atoms with Crippen molar-refractivity contribution in [3.8, 4) is 0 Å². The van der Waals surface area contributed by atoms with Gasteiger partial charge in [0.15, 0.2) is 0 Å². The van der Waals surface area contributed by atoms with E-state index in [9.17, 15) is 5.11 Å². The number of aryl methyl sites for hydroxylation is 1. The Hall–Kier alpha value is -0.880. The zero-order valence-electron chi connectivity index (χ0n) is 9.18. The van der Waals surface area contributed by atoms with Crippen LogP contribution in [-0.2, 0) is 12.6 Å². The Kier molecular flexibility index (Phi) is 3.03. The summed E-state index contributed by atoms with van der Waals surface area (Å²) in [7, 11) is 1.89. The number of rotatable bonds is 2. The molecule has 4 heteroatoms. The van der Waals surface area contributed by atoms with Crippen molar-refractivity contribution < 1.29 is 5.11 Å². The molecule has 0 aliphatic heterocycles. The summed E-state index contributed by atoms with van der Waals surface area (Å²) in [5.41, 5.74) is 0.480. The van der Waals surface area contributed by atoms with E-state index in [1.807, 2.05) is 42.1 Å². The lowest BCUT2D eigenvalue weighted by atomic mass is 9.93. The molecule has 3 nitrogen and oxygen atoms in total. The first-order valence-corrected chi connectivity index (χ1v) is 6.05. The van der Waals surface area contributed by atoms with Crippen molar-refractivity contribution in [1.82, 2.24) is 9.55 Å². The van der Waals surface area contributed by atoms with Crippen molar-refractivity contribution in [3.63, 3.8) is 0 Å². The number of hydrogen-bond acceptors (Lipinski definition) is 2. The molecule has 2 aromatic rings. The summed E-state index contributed by atoms with van der Waals surface area (Å²) < 4.78 is 2.98. The summed E-state index contributed by atoms with van der Waals surface area (Å²) in [6.45, 7) is 1.76. The molecule has 0 unspecified atom stereocenters. The van der Waals surface area contributed by atoms with Gasteiger partial charge in [0.25, 0.3) is 0 Å². The summed E-state index contributed by atoms with van der Waals surface area (Å²) in [4.78, 5) is 4.20. The lowest BCUT2D eigenvalue weighted by molar-refractivity contribution is 0.0977. The van der Waals surface area contributed by atoms with E-state index in [1.165, 1.54) is 0 Å². The molecule has 0 saturated heterocycles. The second kappa shape index (κ2) is 4.18. The van der Waals surface area contributed by atoms with Crippen molar-refractivity contribution in [1.29, 1.82) is 0 Å². The van der Waals surface area contributed by atoms with Crippen LogP contribution in [-0.4, -0.2) is 14.7 Å². The molecule has 0 aliphatic rings. The molecule has 0 saturated carbocycles. The first kappa shape index (κ1) is 11.6. The van der Waals surface area contributed by atoms with Gasteiger partial charge >= 0.3 is 0 Å². The highest BCUT2D eigenvalue weighted by Gasteiger charge is 2.27. The molecular weight excluding hydrogens is 315 g/mol. The number of nitrogens with zero attached hydrogens (tertiary/aromatic N) is 2. The molecule has 0 radical (unpaired) electrons. The van der Waals surface area contributed by atoms with Crippen LogP contribution in [0.4, 0.5) is 0 Å². The predicted octanol–water partition coefficient (Wildman–Crippen LogP) is 2.28. The highest BCUT2D eigenvalue weighted by molar-refractivity contribution is 14.1. The van der Waals surface area contributed by atoms with Crippen LogP contribution in [0, 0.1) is 3.57 Å². The molecule has 1 aromatic carbocycles. The number of halogens is 1. The maximum atomic E-state index is 10.5. The highest BCUT2D eigenvalue weighted by Crippen LogP contribution is 2.27. The Labute approximate surface area is 108 Å². The van der Waals surface area contributed by atoms with E-state index >= 15 is 0 Å². The molecule has 1 atom stereocenters. The zero-order chi connectivity index (χ0) is 11.8. The molecule has 0 spiro atoms. The summed E-state index contributed by atoms with van der Waals surface area (Å²) in [5, 5.41) is 10.5. The third kappa shape index (κ3) is 2.12. The summed E-state index contributed by atoms with van der Waals surface area (Å²) in [6.07, 6.45) is 3.52. The lowest BCUT2D eigenvalue weighted by Crippen LogP contribution is -2.23. The zero-order valence-corrected chi connectivity index (χ0v) is 11.3. The van der Waals surface area contributed by atoms with Crippen molar-refractivity contribution in [2.75, 3.05) is 0 Å². The Balaban J connectivity index is 2.42. The smallest absolute Gasteiger partial charge is 0.130 e. The van der Waals surface area contributed by atoms with Crippen LogP contribution >= 0.6 is 22.6 Å². The molecule has 2 rings (SSSR count). The SMILES string of the molecule is Cn1cnc([C@@](C)(O)c2ccc(I)cc2)c1. The maximum absolute atomic E-state index is 10.5. The number of aromatic nitrogens is 2. The summed E-state index contributed by atoms with van der Waals surface area (Å²) >= 11 is 2.24. The van der Waals surface area contributed by atoms with E-state index in [2.05, 4.69) is 27.6 Å². The van der Waals surface area contributed by atoms with Gasteiger partial charge in [-0.25, -0.2) is 4.98 Å². The summed E-state index contributed by atoms with van der Waals surface area (Å²) in [6, 6.07) is 7.81. The monoisotopic (exact) mass is 328 g/mol. The van der Waals surface area contributed by atoms with Gasteiger partial charge in [-0.05, 0) is 47.2 Å². The lowest BCUT2D eigenvalue weighted by Gasteiger charge is -2.21. The normalized spacial score (nSPS) is 14.8. The van der Waals surface area contributed by atoms with Crippen LogP contribution < -0.4 is 0 Å². The van der Waals surface area contributed by atoms with Crippen LogP contribution in [0.5, 0.6) is 0 Å². The van der Waals surface area contributed by atoms with Gasteiger partial charge in [-0.3, -0.25) is 0 Å². The second-order valence-electron chi connectivity index (χ2n) is 4.00. The van der Waals surface area contributed by atoms with Crippen LogP contribution in [0.1, 0.15) is 18.2 Å². The fourth-order valence-corrected chi connectivity index (χ4v) is 1.95. The third-order valence-electron chi connectivity index (χ3n) is 2.61. The number of benzene rings is 1. The Morgan fingerprint density at radius 2 is 1.94 bits per heavy atom. The summed E-state index contributed by atoms with van der Waals surface area (Å²) in [5.74, 6) is 0. The van der Waals surface area contributed by atoms with Crippen LogP contribution in [0.25, 0.3) is 0 Å². The van der Waals surface area contributed by atoms with E-state index in [0.29, 0.717) is 5.69 Å². The first-order valence-electron chi connectivity index (χ1n) is 4.97. The Morgan fingerprint density at radius 3 is 2.44 bits per heavy atom. The average molecular weight is 328 g/mol. The van der Waals surface area contributed by atoms with Crippen LogP contribution in [0.2, 0.25) is 0 Å². The van der Waals surface area contributed by atoms with Gasteiger partial charge in [0.2, 0.25) is 0 Å². The second-order valence-corrected chi connectivity index (χ2v) is 5.25. The Bertz CT molecular complexity index is 488. The molecule has 0 bridgehead atoms. The van der Waals surface area contributed by atoms with Crippen molar-refractivity contribution in [2.24, 2.45) is 7.05 Å². The molecule has 1 heterocycles. The van der Waals surface area contributed by atoms with Gasteiger partial charge in [-0.15, -0.1) is 0 Å². The Morgan fingerprint density at radius 1 is 1.31 bits per heavy atom. The van der Waals surface area contributed by atoms with E-state index in [4.69, 9.17) is 0 Å². The average Bonchev–Trinajstić information content (AvgIpc) is 2.66. The molecule has 1 aromatic heterocycles. The largest absolute Gasteiger partial charge is 0.379 e. The van der Waals surface area contributed by atoms with E-state index < -0.39 is 5.60 Å². The van der Waals surface area contributed by atoms with Gasteiger partial charge in [0.05, 0.1) is 12.0 Å². The van der Waals surface area contributed by atoms with E-state index in [0.717, 1.165) is 9.13 Å². The fourth-order valence-electron chi connectivity index (χ4n) is 1.59.